The van der Waals surface area contributed by atoms with Crippen LogP contribution < -0.4 is 0 Å². The van der Waals surface area contributed by atoms with Crippen molar-refractivity contribution < 1.29 is 8.22 Å². The van der Waals surface area contributed by atoms with Crippen molar-refractivity contribution >= 4 is 43.9 Å². The summed E-state index contributed by atoms with van der Waals surface area (Å²) in [6.45, 7) is 0. The predicted octanol–water partition coefficient (Wildman–Crippen LogP) is 10.7. The second-order valence-corrected chi connectivity index (χ2v) is 10.8. The van der Waals surface area contributed by atoms with Crippen molar-refractivity contribution in [2.24, 2.45) is 0 Å². The lowest BCUT2D eigenvalue weighted by atomic mass is 9.93. The molecule has 5 aromatic carbocycles. The van der Waals surface area contributed by atoms with Gasteiger partial charge in [-0.2, -0.15) is 0 Å². The lowest BCUT2D eigenvalue weighted by Crippen LogP contribution is -1.91. The van der Waals surface area contributed by atoms with E-state index in [2.05, 4.69) is 29.2 Å². The highest BCUT2D eigenvalue weighted by Crippen LogP contribution is 2.38. The first-order chi connectivity index (χ1) is 22.8. The molecule has 0 radical (unpaired) electrons. The van der Waals surface area contributed by atoms with Gasteiger partial charge in [-0.1, -0.05) is 115 Å². The third-order valence-corrected chi connectivity index (χ3v) is 8.49. The van der Waals surface area contributed by atoms with Gasteiger partial charge < -0.3 is 0 Å². The van der Waals surface area contributed by atoms with E-state index in [0.717, 1.165) is 31.7 Å². The first kappa shape index (κ1) is 18.3. The highest BCUT2D eigenvalue weighted by Gasteiger charge is 2.13. The first-order valence-corrected chi connectivity index (χ1v) is 14.1. The zero-order chi connectivity index (χ0) is 32.4. The van der Waals surface area contributed by atoms with E-state index < -0.39 is 12.1 Å². The van der Waals surface area contributed by atoms with Gasteiger partial charge in [-0.05, 0) is 57.3 Å². The van der Waals surface area contributed by atoms with Crippen molar-refractivity contribution in [1.29, 1.82) is 0 Å². The van der Waals surface area contributed by atoms with Gasteiger partial charge in [0.2, 0.25) is 0 Å². The molecule has 0 saturated carbocycles. The zero-order valence-electron chi connectivity index (χ0n) is 27.7. The minimum absolute atomic E-state index is 0.134. The zero-order valence-corrected chi connectivity index (χ0v) is 22.5. The maximum atomic E-state index is 9.23. The summed E-state index contributed by atoms with van der Waals surface area (Å²) < 4.78 is 53.5. The molecule has 0 N–H and O–H groups in total. The Balaban J connectivity index is 1.33. The fraction of sp³-hybridized carbons (Fsp3) is 0. The molecule has 0 aliphatic rings. The summed E-state index contributed by atoms with van der Waals surface area (Å²) in [5, 5.41) is 2.12. The van der Waals surface area contributed by atoms with E-state index in [9.17, 15) is 2.74 Å². The lowest BCUT2D eigenvalue weighted by molar-refractivity contribution is 1.37. The van der Waals surface area contributed by atoms with E-state index in [1.54, 1.807) is 23.6 Å². The number of nitrogens with zero attached hydrogens (tertiary/aromatic N) is 2. The molecule has 0 aliphatic heterocycles. The number of hydrogen-bond acceptors (Lipinski definition) is 3. The van der Waals surface area contributed by atoms with Crippen LogP contribution in [0.4, 0.5) is 0 Å². The van der Waals surface area contributed by atoms with Crippen LogP contribution in [-0.4, -0.2) is 9.97 Å². The molecular weight excluding hydrogens is 516 g/mol. The van der Waals surface area contributed by atoms with Gasteiger partial charge in [-0.3, -0.25) is 4.98 Å². The molecule has 3 aromatic heterocycles. The largest absolute Gasteiger partial charge is 0.254 e. The molecule has 3 heterocycles. The fourth-order valence-corrected chi connectivity index (χ4v) is 6.28. The Labute approximate surface area is 250 Å². The summed E-state index contributed by atoms with van der Waals surface area (Å²) in [7, 11) is 0. The van der Waals surface area contributed by atoms with Gasteiger partial charge >= 0.3 is 0 Å². The fourth-order valence-electron chi connectivity index (χ4n) is 5.26. The van der Waals surface area contributed by atoms with Crippen molar-refractivity contribution in [2.75, 3.05) is 0 Å². The maximum absolute atomic E-state index is 9.23. The third kappa shape index (κ3) is 4.19. The Morgan fingerprint density at radius 2 is 1.15 bits per heavy atom. The van der Waals surface area contributed by atoms with Gasteiger partial charge in [0.05, 0.1) is 25.0 Å². The van der Waals surface area contributed by atoms with E-state index >= 15 is 0 Å². The van der Waals surface area contributed by atoms with Crippen molar-refractivity contribution in [3.05, 3.63) is 146 Å². The molecule has 8 aromatic rings. The smallest absolute Gasteiger partial charge is 0.0972 e. The Morgan fingerprint density at radius 3 is 1.93 bits per heavy atom. The highest BCUT2D eigenvalue weighted by atomic mass is 32.1. The molecule has 192 valence electrons. The van der Waals surface area contributed by atoms with Crippen LogP contribution in [-0.2, 0) is 0 Å². The Morgan fingerprint density at radius 1 is 0.512 bits per heavy atom. The number of fused-ring (bicyclic) bond motifs is 4. The molecule has 8 rings (SSSR count). The van der Waals surface area contributed by atoms with E-state index in [1.807, 2.05) is 72.8 Å². The van der Waals surface area contributed by atoms with E-state index in [4.69, 9.17) is 10.5 Å². The SMILES string of the molecule is [2H]c1c([2H])c([2H])c2c(-c3ccc4ccc5cccnc5c4n3)c([2H])c([2H])c(-c3ccc(-c4ccc(-c5ccccc5)s4)cc3)c2c1[2H]. The van der Waals surface area contributed by atoms with Gasteiger partial charge in [-0.25, -0.2) is 4.98 Å². The Hall–Kier alpha value is -5.12. The molecule has 0 unspecified atom stereocenters. The molecule has 0 spiro atoms. The van der Waals surface area contributed by atoms with Crippen molar-refractivity contribution in [2.45, 2.75) is 0 Å². The molecule has 0 atom stereocenters. The average Bonchev–Trinajstić information content (AvgIpc) is 3.61. The number of benzene rings is 5. The molecule has 0 bridgehead atoms. The summed E-state index contributed by atoms with van der Waals surface area (Å²) in [6.07, 6.45) is 1.69. The van der Waals surface area contributed by atoms with Crippen molar-refractivity contribution in [3.8, 4) is 43.3 Å². The monoisotopic (exact) mass is 546 g/mol. The van der Waals surface area contributed by atoms with Crippen LogP contribution in [0.2, 0.25) is 0 Å². The van der Waals surface area contributed by atoms with Crippen LogP contribution in [0.15, 0.2) is 146 Å². The minimum atomic E-state index is -0.401. The molecule has 41 heavy (non-hydrogen) atoms. The van der Waals surface area contributed by atoms with E-state index in [-0.39, 0.29) is 46.1 Å². The van der Waals surface area contributed by atoms with Crippen LogP contribution in [0.3, 0.4) is 0 Å². The molecule has 0 amide bonds. The van der Waals surface area contributed by atoms with Gasteiger partial charge in [0.25, 0.3) is 0 Å². The predicted molar refractivity (Wildman–Crippen MR) is 174 cm³/mol. The second-order valence-electron chi connectivity index (χ2n) is 9.77. The summed E-state index contributed by atoms with van der Waals surface area (Å²) in [5.41, 5.74) is 4.86. The number of rotatable bonds is 4. The number of aromatic nitrogens is 2. The molecule has 0 aliphatic carbocycles. The van der Waals surface area contributed by atoms with Crippen LogP contribution in [0.5, 0.6) is 0 Å². The topological polar surface area (TPSA) is 25.8 Å². The lowest BCUT2D eigenvalue weighted by Gasteiger charge is -2.13. The summed E-state index contributed by atoms with van der Waals surface area (Å²) in [5.74, 6) is 0. The maximum Gasteiger partial charge on any atom is 0.0972 e. The molecule has 0 fully saturated rings. The normalized spacial score (nSPS) is 13.5. The first-order valence-electron chi connectivity index (χ1n) is 16.3. The summed E-state index contributed by atoms with van der Waals surface area (Å²) >= 11 is 1.68. The third-order valence-electron chi connectivity index (χ3n) is 7.31. The summed E-state index contributed by atoms with van der Waals surface area (Å²) in [6, 6.07) is 31.7. The minimum Gasteiger partial charge on any atom is -0.254 e. The molecule has 3 heteroatoms. The van der Waals surface area contributed by atoms with Crippen LogP contribution in [0, 0.1) is 0 Å². The van der Waals surface area contributed by atoms with Gasteiger partial charge in [0.1, 0.15) is 0 Å². The second kappa shape index (κ2) is 9.81. The Bertz CT molecular complexity index is 2530. The molecule has 2 nitrogen and oxygen atoms in total. The Kier molecular flexibility index (Phi) is 4.37. The number of thiophene rings is 1. The van der Waals surface area contributed by atoms with Crippen molar-refractivity contribution in [3.63, 3.8) is 0 Å². The highest BCUT2D eigenvalue weighted by molar-refractivity contribution is 7.18. The van der Waals surface area contributed by atoms with E-state index in [0.29, 0.717) is 22.3 Å². The summed E-state index contributed by atoms with van der Waals surface area (Å²) in [4.78, 5) is 11.7. The molecule has 0 saturated heterocycles. The standard InChI is InChI=1S/C38H24N2S/c1-2-7-26(8-3-1)35-22-23-36(41-35)27-14-12-25(13-15-27)30-19-20-33(32-11-5-4-10-31(30)32)34-21-18-29-17-16-28-9-6-24-39-37(28)38(29)40-34/h1-24H/i4D,5D,10D,11D,19D,20D. The van der Waals surface area contributed by atoms with Gasteiger partial charge in [0, 0.05) is 32.3 Å². The molecular formula is C38H24N2S. The van der Waals surface area contributed by atoms with Gasteiger partial charge in [0.15, 0.2) is 0 Å². The van der Waals surface area contributed by atoms with Gasteiger partial charge in [-0.15, -0.1) is 11.3 Å². The van der Waals surface area contributed by atoms with Crippen LogP contribution in [0.25, 0.3) is 75.8 Å². The number of pyridine rings is 2. The van der Waals surface area contributed by atoms with Crippen molar-refractivity contribution in [1.82, 2.24) is 9.97 Å². The van der Waals surface area contributed by atoms with Crippen LogP contribution in [0.1, 0.15) is 8.22 Å². The average molecular weight is 547 g/mol. The van der Waals surface area contributed by atoms with Crippen LogP contribution >= 0.6 is 11.3 Å². The van der Waals surface area contributed by atoms with E-state index in [1.165, 1.54) is 0 Å². The number of hydrogen-bond donors (Lipinski definition) is 0. The quantitative estimate of drug-likeness (QED) is 0.205.